The Bertz CT molecular complexity index is 696. The highest BCUT2D eigenvalue weighted by Crippen LogP contribution is 2.41. The third-order valence-electron chi connectivity index (χ3n) is 4.56. The third kappa shape index (κ3) is 1.73. The van der Waals surface area contributed by atoms with Gasteiger partial charge in [0.2, 0.25) is 0 Å². The minimum atomic E-state index is 0.649. The molecule has 2 aromatic rings. The molecule has 2 bridgehead atoms. The number of ether oxygens (including phenoxy) is 1. The lowest BCUT2D eigenvalue weighted by Gasteiger charge is -2.39. The number of nitrogens with zero attached hydrogens (tertiary/aromatic N) is 1. The van der Waals surface area contributed by atoms with E-state index < -0.39 is 0 Å². The smallest absolute Gasteiger partial charge is 0.138 e. The van der Waals surface area contributed by atoms with Gasteiger partial charge in [0.15, 0.2) is 0 Å². The van der Waals surface area contributed by atoms with Crippen molar-refractivity contribution in [2.24, 2.45) is 5.92 Å². The second kappa shape index (κ2) is 4.45. The lowest BCUT2D eigenvalue weighted by molar-refractivity contribution is 0.252. The van der Waals surface area contributed by atoms with Crippen LogP contribution in [0.4, 0.5) is 0 Å². The highest BCUT2D eigenvalue weighted by Gasteiger charge is 2.29. The lowest BCUT2D eigenvalue weighted by atomic mass is 9.82. The molecule has 0 radical (unpaired) electrons. The van der Waals surface area contributed by atoms with Crippen LogP contribution in [-0.2, 0) is 0 Å². The normalized spacial score (nSPS) is 18.7. The van der Waals surface area contributed by atoms with Gasteiger partial charge in [-0.25, -0.2) is 0 Å². The van der Waals surface area contributed by atoms with E-state index in [1.807, 2.05) is 12.1 Å². The molecule has 0 saturated carbocycles. The second-order valence-electron chi connectivity index (χ2n) is 5.63. The van der Waals surface area contributed by atoms with E-state index in [1.165, 1.54) is 42.5 Å². The Balaban J connectivity index is 1.88. The van der Waals surface area contributed by atoms with Crippen molar-refractivity contribution in [2.45, 2.75) is 12.8 Å². The molecule has 5 rings (SSSR count). The van der Waals surface area contributed by atoms with Crippen molar-refractivity contribution in [3.8, 4) is 5.75 Å². The fourth-order valence-electron chi connectivity index (χ4n) is 3.45. The highest BCUT2D eigenvalue weighted by atomic mass is 35.5. The summed E-state index contributed by atoms with van der Waals surface area (Å²) in [6, 6.07) is 3.99. The number of fused-ring (bicyclic) bond motifs is 3. The first-order valence-corrected chi connectivity index (χ1v) is 7.45. The number of rotatable bonds is 2. The quantitative estimate of drug-likeness (QED) is 0.908. The number of H-pyrrole nitrogens is 1. The van der Waals surface area contributed by atoms with Gasteiger partial charge in [0.05, 0.1) is 12.1 Å². The van der Waals surface area contributed by atoms with Gasteiger partial charge in [0.1, 0.15) is 5.75 Å². The minimum Gasteiger partial charge on any atom is -0.495 e. The fourth-order valence-corrected chi connectivity index (χ4v) is 3.69. The van der Waals surface area contributed by atoms with Crippen LogP contribution in [0.3, 0.4) is 0 Å². The summed E-state index contributed by atoms with van der Waals surface area (Å²) < 4.78 is 5.35. The number of aromatic amines is 1. The van der Waals surface area contributed by atoms with Crippen LogP contribution in [0, 0.1) is 5.92 Å². The van der Waals surface area contributed by atoms with Crippen LogP contribution in [0.5, 0.6) is 5.75 Å². The average molecular weight is 289 g/mol. The number of hydrogen-bond acceptors (Lipinski definition) is 2. The number of halogens is 1. The maximum Gasteiger partial charge on any atom is 0.138 e. The highest BCUT2D eigenvalue weighted by molar-refractivity contribution is 6.32. The van der Waals surface area contributed by atoms with Crippen LogP contribution in [-0.4, -0.2) is 30.1 Å². The van der Waals surface area contributed by atoms with E-state index in [-0.39, 0.29) is 0 Å². The zero-order chi connectivity index (χ0) is 13.7. The van der Waals surface area contributed by atoms with Crippen molar-refractivity contribution in [3.63, 3.8) is 0 Å². The zero-order valence-electron chi connectivity index (χ0n) is 11.4. The molecule has 1 aromatic heterocycles. The molecule has 0 amide bonds. The summed E-state index contributed by atoms with van der Waals surface area (Å²) in [5, 5.41) is 1.85. The monoisotopic (exact) mass is 288 g/mol. The Hall–Kier alpha value is -1.61. The fraction of sp³-hybridized carbons (Fsp3) is 0.375. The first-order chi connectivity index (χ1) is 9.76. The molecule has 3 nitrogen and oxygen atoms in total. The predicted molar refractivity (Wildman–Crippen MR) is 82.1 cm³/mol. The van der Waals surface area contributed by atoms with Crippen molar-refractivity contribution in [3.05, 3.63) is 35.1 Å². The molecule has 4 heteroatoms. The summed E-state index contributed by atoms with van der Waals surface area (Å²) in [5.74, 6) is 1.43. The number of hydrogen-bond donors (Lipinski definition) is 1. The zero-order valence-corrected chi connectivity index (χ0v) is 12.2. The predicted octanol–water partition coefficient (Wildman–Crippen LogP) is 3.90. The van der Waals surface area contributed by atoms with Crippen LogP contribution >= 0.6 is 11.6 Å². The van der Waals surface area contributed by atoms with E-state index in [1.54, 1.807) is 7.11 Å². The van der Waals surface area contributed by atoms with E-state index >= 15 is 0 Å². The van der Waals surface area contributed by atoms with Crippen LogP contribution in [0.2, 0.25) is 5.02 Å². The molecular weight excluding hydrogens is 272 g/mol. The third-order valence-corrected chi connectivity index (χ3v) is 4.85. The average Bonchev–Trinajstić information content (AvgIpc) is 2.90. The van der Waals surface area contributed by atoms with Gasteiger partial charge in [-0.05, 0) is 36.5 Å². The first kappa shape index (κ1) is 12.2. The van der Waals surface area contributed by atoms with Gasteiger partial charge >= 0.3 is 0 Å². The SMILES string of the molecule is COc1cc2c(C3=CN4CCC3CC4)c[nH]c2cc1Cl. The summed E-state index contributed by atoms with van der Waals surface area (Å²) in [7, 11) is 1.66. The van der Waals surface area contributed by atoms with E-state index in [4.69, 9.17) is 16.3 Å². The number of allylic oxidation sites excluding steroid dienone is 1. The molecule has 1 aromatic carbocycles. The van der Waals surface area contributed by atoms with Gasteiger partial charge in [-0.2, -0.15) is 0 Å². The standard InChI is InChI=1S/C16H17ClN2O/c1-20-16-6-11-12(8-18-15(11)7-14(16)17)13-9-19-4-2-10(13)3-5-19/h6-10,18H,2-5H2,1H3. The molecule has 0 aliphatic carbocycles. The summed E-state index contributed by atoms with van der Waals surface area (Å²) in [4.78, 5) is 5.77. The number of nitrogens with one attached hydrogen (secondary N) is 1. The van der Waals surface area contributed by atoms with Crippen LogP contribution < -0.4 is 4.74 Å². The number of methoxy groups -OCH3 is 1. The van der Waals surface area contributed by atoms with Gasteiger partial charge in [-0.1, -0.05) is 11.6 Å². The molecule has 4 heterocycles. The lowest BCUT2D eigenvalue weighted by Crippen LogP contribution is -2.35. The van der Waals surface area contributed by atoms with Crippen LogP contribution in [0.25, 0.3) is 16.5 Å². The van der Waals surface area contributed by atoms with Crippen molar-refractivity contribution < 1.29 is 4.74 Å². The van der Waals surface area contributed by atoms with Gasteiger partial charge in [-0.3, -0.25) is 0 Å². The first-order valence-electron chi connectivity index (χ1n) is 7.07. The molecular formula is C16H17ClN2O. The van der Waals surface area contributed by atoms with Gasteiger partial charge in [0.25, 0.3) is 0 Å². The maximum absolute atomic E-state index is 6.19. The summed E-state index contributed by atoms with van der Waals surface area (Å²) in [6.07, 6.45) is 6.97. The van der Waals surface area contributed by atoms with Gasteiger partial charge in [0, 0.05) is 42.0 Å². The van der Waals surface area contributed by atoms with Crippen molar-refractivity contribution >= 4 is 28.1 Å². The summed E-state index contributed by atoms with van der Waals surface area (Å²) >= 11 is 6.19. The molecule has 0 unspecified atom stereocenters. The number of piperidine rings is 1. The molecule has 104 valence electrons. The Morgan fingerprint density at radius 3 is 2.75 bits per heavy atom. The Kier molecular flexibility index (Phi) is 2.71. The molecule has 3 aliphatic heterocycles. The van der Waals surface area contributed by atoms with E-state index in [0.717, 1.165) is 11.3 Å². The number of aromatic nitrogens is 1. The molecule has 1 saturated heterocycles. The Morgan fingerprint density at radius 2 is 2.10 bits per heavy atom. The molecule has 3 aliphatic rings. The van der Waals surface area contributed by atoms with E-state index in [0.29, 0.717) is 10.9 Å². The van der Waals surface area contributed by atoms with Gasteiger partial charge < -0.3 is 14.6 Å². The summed E-state index contributed by atoms with van der Waals surface area (Å²) in [5.41, 5.74) is 3.82. The van der Waals surface area contributed by atoms with Gasteiger partial charge in [-0.15, -0.1) is 0 Å². The topological polar surface area (TPSA) is 28.3 Å². The minimum absolute atomic E-state index is 0.649. The Morgan fingerprint density at radius 1 is 1.30 bits per heavy atom. The van der Waals surface area contributed by atoms with Crippen molar-refractivity contribution in [1.82, 2.24) is 9.88 Å². The molecule has 0 spiro atoms. The molecule has 20 heavy (non-hydrogen) atoms. The van der Waals surface area contributed by atoms with Crippen molar-refractivity contribution in [1.29, 1.82) is 0 Å². The number of benzene rings is 1. The second-order valence-corrected chi connectivity index (χ2v) is 6.04. The molecule has 0 atom stereocenters. The molecule has 1 N–H and O–H groups in total. The summed E-state index contributed by atoms with van der Waals surface area (Å²) in [6.45, 7) is 2.40. The van der Waals surface area contributed by atoms with E-state index in [2.05, 4.69) is 22.3 Å². The largest absolute Gasteiger partial charge is 0.495 e. The van der Waals surface area contributed by atoms with E-state index in [9.17, 15) is 0 Å². The van der Waals surface area contributed by atoms with Crippen LogP contribution in [0.1, 0.15) is 18.4 Å². The van der Waals surface area contributed by atoms with Crippen molar-refractivity contribution in [2.75, 3.05) is 20.2 Å². The molecule has 1 fully saturated rings. The Labute approximate surface area is 123 Å². The van der Waals surface area contributed by atoms with Crippen LogP contribution in [0.15, 0.2) is 24.5 Å². The maximum atomic E-state index is 6.19.